The Balaban J connectivity index is 1.92. The highest BCUT2D eigenvalue weighted by atomic mass is 32.2. The van der Waals surface area contributed by atoms with Gasteiger partial charge in [-0.25, -0.2) is 13.4 Å². The number of sulfonamides is 1. The van der Waals surface area contributed by atoms with Crippen molar-refractivity contribution in [3.63, 3.8) is 0 Å². The molecule has 1 atom stereocenters. The van der Waals surface area contributed by atoms with Gasteiger partial charge in [0.15, 0.2) is 0 Å². The number of nitrogens with one attached hydrogen (secondary N) is 1. The Morgan fingerprint density at radius 1 is 1.31 bits per heavy atom. The van der Waals surface area contributed by atoms with Crippen LogP contribution in [-0.2, 0) is 16.6 Å². The van der Waals surface area contributed by atoms with Crippen LogP contribution in [0.15, 0.2) is 17.3 Å². The number of aromatic amines is 1. The van der Waals surface area contributed by atoms with Gasteiger partial charge in [-0.1, -0.05) is 13.8 Å². The third-order valence-corrected chi connectivity index (χ3v) is 7.02. The van der Waals surface area contributed by atoms with E-state index >= 15 is 0 Å². The average molecular weight is 381 g/mol. The Morgan fingerprint density at radius 3 is 2.65 bits per heavy atom. The Bertz CT molecular complexity index is 856. The third-order valence-electron chi connectivity index (χ3n) is 4.90. The van der Waals surface area contributed by atoms with E-state index in [-0.39, 0.29) is 6.04 Å². The highest BCUT2D eigenvalue weighted by Gasteiger charge is 2.37. The number of hydrogen-bond donors (Lipinski definition) is 1. The SMILES string of the molecule is Cc1nn(CC(C)C)c(C)c1S(=O)(=O)N1CCN(C)[C@@H](c2ncc[nH]2)C1. The first-order valence-corrected chi connectivity index (χ1v) is 10.4. The Kier molecular flexibility index (Phi) is 5.23. The normalized spacial score (nSPS) is 20.2. The minimum absolute atomic E-state index is 0.0835. The van der Waals surface area contributed by atoms with Gasteiger partial charge >= 0.3 is 0 Å². The van der Waals surface area contributed by atoms with Crippen LogP contribution in [0.5, 0.6) is 0 Å². The molecule has 144 valence electrons. The number of rotatable bonds is 5. The topological polar surface area (TPSA) is 87.1 Å². The molecule has 1 aliphatic heterocycles. The van der Waals surface area contributed by atoms with Gasteiger partial charge < -0.3 is 4.98 Å². The number of H-pyrrole nitrogens is 1. The molecule has 0 radical (unpaired) electrons. The van der Waals surface area contributed by atoms with Gasteiger partial charge in [0, 0.05) is 38.6 Å². The standard InChI is InChI=1S/C17H28N6O2S/c1-12(2)10-23-14(4)16(13(3)20-23)26(24,25)22-9-8-21(5)15(11-22)17-18-6-7-19-17/h6-7,12,15H,8-11H2,1-5H3,(H,18,19)/t15-/m1/s1. The highest BCUT2D eigenvalue weighted by Crippen LogP contribution is 2.29. The first-order chi connectivity index (χ1) is 12.2. The molecule has 2 aromatic rings. The minimum atomic E-state index is -3.60. The molecule has 8 nitrogen and oxygen atoms in total. The molecule has 0 unspecified atom stereocenters. The summed E-state index contributed by atoms with van der Waals surface area (Å²) in [4.78, 5) is 9.90. The molecule has 0 saturated carbocycles. The number of likely N-dealkylation sites (N-methyl/N-ethyl adjacent to an activating group) is 1. The molecule has 0 aliphatic carbocycles. The summed E-state index contributed by atoms with van der Waals surface area (Å²) in [5, 5.41) is 4.48. The largest absolute Gasteiger partial charge is 0.347 e. The van der Waals surface area contributed by atoms with E-state index in [1.54, 1.807) is 23.6 Å². The summed E-state index contributed by atoms with van der Waals surface area (Å²) in [5.41, 5.74) is 1.28. The zero-order chi connectivity index (χ0) is 19.1. The molecule has 1 N–H and O–H groups in total. The van der Waals surface area contributed by atoms with Crippen molar-refractivity contribution < 1.29 is 8.42 Å². The minimum Gasteiger partial charge on any atom is -0.347 e. The number of aryl methyl sites for hydroxylation is 1. The first kappa shape index (κ1) is 19.1. The van der Waals surface area contributed by atoms with E-state index in [1.807, 2.05) is 18.7 Å². The van der Waals surface area contributed by atoms with E-state index < -0.39 is 10.0 Å². The van der Waals surface area contributed by atoms with Crippen LogP contribution in [0.4, 0.5) is 0 Å². The maximum absolute atomic E-state index is 13.4. The van der Waals surface area contributed by atoms with E-state index in [4.69, 9.17) is 0 Å². The third kappa shape index (κ3) is 3.43. The predicted octanol–water partition coefficient (Wildman–Crippen LogP) is 1.56. The smallest absolute Gasteiger partial charge is 0.246 e. The van der Waals surface area contributed by atoms with Crippen molar-refractivity contribution in [2.45, 2.75) is 45.2 Å². The molecule has 3 heterocycles. The van der Waals surface area contributed by atoms with Gasteiger partial charge in [0.25, 0.3) is 0 Å². The van der Waals surface area contributed by atoms with E-state index in [9.17, 15) is 8.42 Å². The number of piperazine rings is 1. The Morgan fingerprint density at radius 2 is 2.04 bits per heavy atom. The maximum atomic E-state index is 13.4. The Labute approximate surface area is 155 Å². The lowest BCUT2D eigenvalue weighted by molar-refractivity contribution is 0.142. The lowest BCUT2D eigenvalue weighted by atomic mass is 10.2. The molecule has 0 amide bonds. The zero-order valence-electron chi connectivity index (χ0n) is 16.1. The van der Waals surface area contributed by atoms with Gasteiger partial charge in [0.2, 0.25) is 10.0 Å². The molecule has 3 rings (SSSR count). The van der Waals surface area contributed by atoms with Crippen LogP contribution >= 0.6 is 0 Å². The van der Waals surface area contributed by atoms with E-state index in [0.717, 1.165) is 5.82 Å². The summed E-state index contributed by atoms with van der Waals surface area (Å²) in [6, 6.07) is -0.0835. The van der Waals surface area contributed by atoms with Gasteiger partial charge in [-0.2, -0.15) is 9.40 Å². The number of imidazole rings is 1. The number of hydrogen-bond acceptors (Lipinski definition) is 5. The van der Waals surface area contributed by atoms with Gasteiger partial charge in [-0.15, -0.1) is 0 Å². The second-order valence-electron chi connectivity index (χ2n) is 7.41. The summed E-state index contributed by atoms with van der Waals surface area (Å²) < 4.78 is 30.1. The first-order valence-electron chi connectivity index (χ1n) is 8.95. The summed E-state index contributed by atoms with van der Waals surface area (Å²) in [7, 11) is -1.61. The van der Waals surface area contributed by atoms with Crippen LogP contribution in [-0.4, -0.2) is 64.1 Å². The molecule has 1 aliphatic rings. The number of aromatic nitrogens is 4. The second kappa shape index (κ2) is 7.13. The van der Waals surface area contributed by atoms with E-state index in [2.05, 4.69) is 33.8 Å². The van der Waals surface area contributed by atoms with Crippen LogP contribution in [0, 0.1) is 19.8 Å². The zero-order valence-corrected chi connectivity index (χ0v) is 16.9. The lowest BCUT2D eigenvalue weighted by Crippen LogP contribution is -2.49. The van der Waals surface area contributed by atoms with Crippen LogP contribution in [0.3, 0.4) is 0 Å². The Hall–Kier alpha value is -1.71. The van der Waals surface area contributed by atoms with Crippen LogP contribution < -0.4 is 0 Å². The van der Waals surface area contributed by atoms with Gasteiger partial charge in [-0.3, -0.25) is 9.58 Å². The molecule has 1 fully saturated rings. The van der Waals surface area contributed by atoms with Crippen molar-refractivity contribution in [2.24, 2.45) is 5.92 Å². The molecular formula is C17H28N6O2S. The second-order valence-corrected chi connectivity index (χ2v) is 9.28. The van der Waals surface area contributed by atoms with Crippen LogP contribution in [0.2, 0.25) is 0 Å². The van der Waals surface area contributed by atoms with E-state index in [0.29, 0.717) is 48.4 Å². The van der Waals surface area contributed by atoms with Crippen LogP contribution in [0.25, 0.3) is 0 Å². The fourth-order valence-electron chi connectivity index (χ4n) is 3.53. The number of nitrogens with zero attached hydrogens (tertiary/aromatic N) is 5. The fourth-order valence-corrected chi connectivity index (χ4v) is 5.34. The van der Waals surface area contributed by atoms with Gasteiger partial charge in [0.05, 0.1) is 17.4 Å². The molecule has 2 aromatic heterocycles. The van der Waals surface area contributed by atoms with Crippen LogP contribution in [0.1, 0.15) is 37.1 Å². The maximum Gasteiger partial charge on any atom is 0.246 e. The van der Waals surface area contributed by atoms with Crippen molar-refractivity contribution in [1.29, 1.82) is 0 Å². The molecular weight excluding hydrogens is 352 g/mol. The van der Waals surface area contributed by atoms with Crippen molar-refractivity contribution >= 4 is 10.0 Å². The monoisotopic (exact) mass is 380 g/mol. The summed E-state index contributed by atoms with van der Waals surface area (Å²) in [6.07, 6.45) is 3.46. The summed E-state index contributed by atoms with van der Waals surface area (Å²) in [6.45, 7) is 10.0. The van der Waals surface area contributed by atoms with E-state index in [1.165, 1.54) is 0 Å². The van der Waals surface area contributed by atoms with Gasteiger partial charge in [-0.05, 0) is 26.8 Å². The lowest BCUT2D eigenvalue weighted by Gasteiger charge is -2.37. The summed E-state index contributed by atoms with van der Waals surface area (Å²) in [5.74, 6) is 1.19. The average Bonchev–Trinajstić information content (AvgIpc) is 3.16. The van der Waals surface area contributed by atoms with Crippen molar-refractivity contribution in [1.82, 2.24) is 29.0 Å². The van der Waals surface area contributed by atoms with Gasteiger partial charge in [0.1, 0.15) is 10.7 Å². The quantitative estimate of drug-likeness (QED) is 0.850. The molecule has 9 heteroatoms. The van der Waals surface area contributed by atoms with Crippen molar-refractivity contribution in [3.05, 3.63) is 29.6 Å². The predicted molar refractivity (Wildman–Crippen MR) is 99.3 cm³/mol. The molecule has 0 spiro atoms. The van der Waals surface area contributed by atoms with Crippen molar-refractivity contribution in [2.75, 3.05) is 26.7 Å². The molecule has 0 bridgehead atoms. The highest BCUT2D eigenvalue weighted by molar-refractivity contribution is 7.89. The molecule has 0 aromatic carbocycles. The fraction of sp³-hybridized carbons (Fsp3) is 0.647. The summed E-state index contributed by atoms with van der Waals surface area (Å²) >= 11 is 0. The van der Waals surface area contributed by atoms with Crippen molar-refractivity contribution in [3.8, 4) is 0 Å². The molecule has 26 heavy (non-hydrogen) atoms. The molecule has 1 saturated heterocycles.